The fourth-order valence-electron chi connectivity index (χ4n) is 2.14. The first-order chi connectivity index (χ1) is 8.02. The second kappa shape index (κ2) is 6.97. The fourth-order valence-corrected chi connectivity index (χ4v) is 2.14. The molecule has 2 N–H and O–H groups in total. The van der Waals surface area contributed by atoms with Gasteiger partial charge in [-0.25, -0.2) is 0 Å². The third kappa shape index (κ3) is 5.04. The first-order valence-corrected chi connectivity index (χ1v) is 6.65. The molecule has 1 amide bonds. The van der Waals surface area contributed by atoms with E-state index in [2.05, 4.69) is 24.1 Å². The van der Waals surface area contributed by atoms with Crippen LogP contribution in [0.2, 0.25) is 0 Å². The van der Waals surface area contributed by atoms with Gasteiger partial charge in [-0.1, -0.05) is 13.8 Å². The van der Waals surface area contributed by atoms with Crippen molar-refractivity contribution in [1.29, 1.82) is 0 Å². The molecule has 0 saturated carbocycles. The number of likely N-dealkylation sites (tertiary alicyclic amines) is 1. The van der Waals surface area contributed by atoms with Crippen molar-refractivity contribution in [2.45, 2.75) is 39.7 Å². The zero-order valence-electron chi connectivity index (χ0n) is 11.3. The molecule has 2 unspecified atom stereocenters. The van der Waals surface area contributed by atoms with Gasteiger partial charge in [-0.15, -0.1) is 0 Å². The molecular weight excluding hydrogens is 216 g/mol. The van der Waals surface area contributed by atoms with E-state index in [1.54, 1.807) is 0 Å². The molecule has 1 fully saturated rings. The summed E-state index contributed by atoms with van der Waals surface area (Å²) in [6.07, 6.45) is 1.97. The summed E-state index contributed by atoms with van der Waals surface area (Å²) in [6, 6.07) is 0.235. The molecule has 0 aromatic heterocycles. The van der Waals surface area contributed by atoms with Crippen molar-refractivity contribution in [3.05, 3.63) is 0 Å². The number of carbonyl (C=O) groups excluding carboxylic acids is 1. The maximum absolute atomic E-state index is 11.8. The van der Waals surface area contributed by atoms with Crippen LogP contribution in [0.15, 0.2) is 0 Å². The van der Waals surface area contributed by atoms with Crippen molar-refractivity contribution < 1.29 is 9.90 Å². The first-order valence-electron chi connectivity index (χ1n) is 6.65. The van der Waals surface area contributed by atoms with E-state index in [0.29, 0.717) is 18.4 Å². The van der Waals surface area contributed by atoms with Crippen molar-refractivity contribution >= 4 is 5.91 Å². The quantitative estimate of drug-likeness (QED) is 0.726. The maximum atomic E-state index is 11.8. The van der Waals surface area contributed by atoms with Crippen LogP contribution in [-0.2, 0) is 4.79 Å². The number of amides is 1. The minimum Gasteiger partial charge on any atom is -0.396 e. The summed E-state index contributed by atoms with van der Waals surface area (Å²) in [7, 11) is 0. The predicted octanol–water partition coefficient (Wildman–Crippen LogP) is 0.851. The smallest absolute Gasteiger partial charge is 0.234 e. The third-order valence-corrected chi connectivity index (χ3v) is 3.66. The minimum atomic E-state index is 0.121. The van der Waals surface area contributed by atoms with Crippen molar-refractivity contribution in [3.8, 4) is 0 Å². The number of rotatable bonds is 6. The molecule has 1 saturated heterocycles. The number of nitrogens with zero attached hydrogens (tertiary/aromatic N) is 1. The fraction of sp³-hybridized carbons (Fsp3) is 0.923. The molecule has 1 aliphatic rings. The van der Waals surface area contributed by atoms with E-state index in [4.69, 9.17) is 5.11 Å². The molecule has 1 aliphatic heterocycles. The number of hydrogen-bond donors (Lipinski definition) is 2. The molecule has 2 atom stereocenters. The number of carbonyl (C=O) groups is 1. The van der Waals surface area contributed by atoms with Gasteiger partial charge >= 0.3 is 0 Å². The number of nitrogens with one attached hydrogen (secondary N) is 1. The molecule has 17 heavy (non-hydrogen) atoms. The molecule has 4 heteroatoms. The van der Waals surface area contributed by atoms with Gasteiger partial charge in [0.25, 0.3) is 0 Å². The molecule has 0 radical (unpaired) electrons. The van der Waals surface area contributed by atoms with Gasteiger partial charge < -0.3 is 10.4 Å². The van der Waals surface area contributed by atoms with Crippen LogP contribution in [0.25, 0.3) is 0 Å². The zero-order chi connectivity index (χ0) is 12.8. The predicted molar refractivity (Wildman–Crippen MR) is 68.7 cm³/mol. The Morgan fingerprint density at radius 2 is 2.18 bits per heavy atom. The highest BCUT2D eigenvalue weighted by Gasteiger charge is 2.23. The Labute approximate surface area is 104 Å². The molecule has 0 aromatic rings. The Balaban J connectivity index is 2.24. The highest BCUT2D eigenvalue weighted by Crippen LogP contribution is 2.18. The average Bonchev–Trinajstić information content (AvgIpc) is 2.65. The van der Waals surface area contributed by atoms with E-state index in [9.17, 15) is 4.79 Å². The molecule has 0 aromatic carbocycles. The van der Waals surface area contributed by atoms with Crippen LogP contribution in [0.1, 0.15) is 33.6 Å². The van der Waals surface area contributed by atoms with E-state index in [-0.39, 0.29) is 18.6 Å². The second-order valence-electron chi connectivity index (χ2n) is 5.50. The van der Waals surface area contributed by atoms with Gasteiger partial charge in [-0.05, 0) is 38.1 Å². The summed E-state index contributed by atoms with van der Waals surface area (Å²) in [5, 5.41) is 11.9. The van der Waals surface area contributed by atoms with Crippen molar-refractivity contribution in [2.24, 2.45) is 11.8 Å². The summed E-state index contributed by atoms with van der Waals surface area (Å²) < 4.78 is 0. The summed E-state index contributed by atoms with van der Waals surface area (Å²) in [5.74, 6) is 1.16. The Bertz CT molecular complexity index is 244. The molecule has 0 bridgehead atoms. The van der Waals surface area contributed by atoms with E-state index >= 15 is 0 Å². The zero-order valence-corrected chi connectivity index (χ0v) is 11.3. The van der Waals surface area contributed by atoms with Crippen LogP contribution >= 0.6 is 0 Å². The van der Waals surface area contributed by atoms with Crippen LogP contribution in [0.4, 0.5) is 0 Å². The van der Waals surface area contributed by atoms with E-state index < -0.39 is 0 Å². The van der Waals surface area contributed by atoms with Gasteiger partial charge in [0.15, 0.2) is 0 Å². The summed E-state index contributed by atoms with van der Waals surface area (Å²) >= 11 is 0. The Morgan fingerprint density at radius 1 is 1.47 bits per heavy atom. The summed E-state index contributed by atoms with van der Waals surface area (Å²) in [4.78, 5) is 14.0. The van der Waals surface area contributed by atoms with Gasteiger partial charge in [0.05, 0.1) is 6.54 Å². The highest BCUT2D eigenvalue weighted by molar-refractivity contribution is 5.78. The lowest BCUT2D eigenvalue weighted by molar-refractivity contribution is -0.122. The van der Waals surface area contributed by atoms with Crippen molar-refractivity contribution in [3.63, 3.8) is 0 Å². The van der Waals surface area contributed by atoms with Crippen LogP contribution in [-0.4, -0.2) is 48.2 Å². The van der Waals surface area contributed by atoms with Crippen LogP contribution in [0.3, 0.4) is 0 Å². The molecule has 100 valence electrons. The van der Waals surface area contributed by atoms with Gasteiger partial charge in [0, 0.05) is 19.2 Å². The Morgan fingerprint density at radius 3 is 2.76 bits per heavy atom. The topological polar surface area (TPSA) is 52.6 Å². The number of aliphatic hydroxyl groups is 1. The lowest BCUT2D eigenvalue weighted by Gasteiger charge is -2.20. The Hall–Kier alpha value is -0.610. The average molecular weight is 242 g/mol. The monoisotopic (exact) mass is 242 g/mol. The summed E-state index contributed by atoms with van der Waals surface area (Å²) in [6.45, 7) is 8.95. The standard InChI is InChI=1S/C13H26N2O2/c1-10(2)11(3)14-13(17)9-15-6-4-12(8-15)5-7-16/h10-12,16H,4-9H2,1-3H3,(H,14,17). The van der Waals surface area contributed by atoms with Crippen molar-refractivity contribution in [1.82, 2.24) is 10.2 Å². The molecule has 4 nitrogen and oxygen atoms in total. The number of hydrogen-bond acceptors (Lipinski definition) is 3. The van der Waals surface area contributed by atoms with Crippen molar-refractivity contribution in [2.75, 3.05) is 26.2 Å². The lowest BCUT2D eigenvalue weighted by atomic mass is 10.1. The maximum Gasteiger partial charge on any atom is 0.234 e. The third-order valence-electron chi connectivity index (χ3n) is 3.66. The molecule has 0 spiro atoms. The van der Waals surface area contributed by atoms with Gasteiger partial charge in [-0.3, -0.25) is 9.69 Å². The first kappa shape index (κ1) is 14.5. The second-order valence-corrected chi connectivity index (χ2v) is 5.50. The number of aliphatic hydroxyl groups excluding tert-OH is 1. The van der Waals surface area contributed by atoms with E-state index in [0.717, 1.165) is 25.9 Å². The molecular formula is C13H26N2O2. The van der Waals surface area contributed by atoms with Crippen LogP contribution in [0, 0.1) is 11.8 Å². The largest absolute Gasteiger partial charge is 0.396 e. The minimum absolute atomic E-state index is 0.121. The summed E-state index contributed by atoms with van der Waals surface area (Å²) in [5.41, 5.74) is 0. The van der Waals surface area contributed by atoms with Gasteiger partial charge in [-0.2, -0.15) is 0 Å². The van der Waals surface area contributed by atoms with Crippen LogP contribution in [0.5, 0.6) is 0 Å². The SMILES string of the molecule is CC(C)C(C)NC(=O)CN1CCC(CCO)C1. The molecule has 1 rings (SSSR count). The van der Waals surface area contributed by atoms with E-state index in [1.165, 1.54) is 0 Å². The lowest BCUT2D eigenvalue weighted by Crippen LogP contribution is -2.42. The Kier molecular flexibility index (Phi) is 5.92. The van der Waals surface area contributed by atoms with Gasteiger partial charge in [0.2, 0.25) is 5.91 Å². The van der Waals surface area contributed by atoms with Crippen LogP contribution < -0.4 is 5.32 Å². The molecule has 1 heterocycles. The van der Waals surface area contributed by atoms with E-state index in [1.807, 2.05) is 6.92 Å². The highest BCUT2D eigenvalue weighted by atomic mass is 16.3. The molecule has 0 aliphatic carbocycles. The van der Waals surface area contributed by atoms with Gasteiger partial charge in [0.1, 0.15) is 0 Å². The normalized spacial score (nSPS) is 23.0.